The van der Waals surface area contributed by atoms with Gasteiger partial charge in [0.15, 0.2) is 0 Å². The van der Waals surface area contributed by atoms with Crippen molar-refractivity contribution in [1.29, 1.82) is 0 Å². The number of hydrogen-bond acceptors (Lipinski definition) is 4. The summed E-state index contributed by atoms with van der Waals surface area (Å²) in [5.74, 6) is 0. The average molecular weight is 338 g/mol. The van der Waals surface area contributed by atoms with E-state index in [-0.39, 0.29) is 0 Å². The molecule has 4 N–H and O–H groups in total. The van der Waals surface area contributed by atoms with Gasteiger partial charge in [0.1, 0.15) is 0 Å². The third-order valence-corrected chi connectivity index (χ3v) is 4.76. The fraction of sp³-hybridized carbons (Fsp3) is 0.429. The van der Waals surface area contributed by atoms with Gasteiger partial charge in [-0.2, -0.15) is 0 Å². The van der Waals surface area contributed by atoms with Gasteiger partial charge in [0.2, 0.25) is 0 Å². The first kappa shape index (κ1) is 17.8. The van der Waals surface area contributed by atoms with Gasteiger partial charge in [0.05, 0.1) is 0 Å². The predicted octanol–water partition coefficient (Wildman–Crippen LogP) is 3.30. The second kappa shape index (κ2) is 8.88. The van der Waals surface area contributed by atoms with Crippen LogP contribution in [0.25, 0.3) is 11.1 Å². The molecule has 4 nitrogen and oxygen atoms in total. The number of benzene rings is 2. The predicted molar refractivity (Wildman–Crippen MR) is 109 cm³/mol. The van der Waals surface area contributed by atoms with Crippen molar-refractivity contribution in [3.8, 4) is 11.1 Å². The third-order valence-electron chi connectivity index (χ3n) is 4.76. The molecule has 0 heterocycles. The smallest absolute Gasteiger partial charge is 0.0346 e. The van der Waals surface area contributed by atoms with E-state index < -0.39 is 0 Å². The van der Waals surface area contributed by atoms with Gasteiger partial charge in [-0.1, -0.05) is 12.1 Å². The molecule has 0 aromatic heterocycles. The zero-order chi connectivity index (χ0) is 17.5. The minimum Gasteiger partial charge on any atom is -0.385 e. The van der Waals surface area contributed by atoms with Gasteiger partial charge in [-0.25, -0.2) is 0 Å². The van der Waals surface area contributed by atoms with E-state index in [4.69, 9.17) is 0 Å². The quantitative estimate of drug-likeness (QED) is 0.429. The number of anilines is 2. The van der Waals surface area contributed by atoms with Gasteiger partial charge in [-0.3, -0.25) is 0 Å². The monoisotopic (exact) mass is 338 g/mol. The molecule has 0 amide bonds. The summed E-state index contributed by atoms with van der Waals surface area (Å²) >= 11 is 0. The Morgan fingerprint density at radius 1 is 0.680 bits per heavy atom. The summed E-state index contributed by atoms with van der Waals surface area (Å²) in [6.45, 7) is 4.09. The molecule has 25 heavy (non-hydrogen) atoms. The third kappa shape index (κ3) is 4.53. The fourth-order valence-corrected chi connectivity index (χ4v) is 3.38. The van der Waals surface area contributed by atoms with Crippen LogP contribution in [0.15, 0.2) is 36.4 Å². The Bertz CT molecular complexity index is 637. The van der Waals surface area contributed by atoms with E-state index >= 15 is 0 Å². The molecule has 0 radical (unpaired) electrons. The maximum absolute atomic E-state index is 3.54. The van der Waals surface area contributed by atoms with Crippen molar-refractivity contribution in [3.63, 3.8) is 0 Å². The largest absolute Gasteiger partial charge is 0.385 e. The summed E-state index contributed by atoms with van der Waals surface area (Å²) in [6, 6.07) is 13.6. The molecule has 4 heteroatoms. The Morgan fingerprint density at radius 3 is 1.60 bits per heavy atom. The molecule has 0 fully saturated rings. The van der Waals surface area contributed by atoms with Gasteiger partial charge in [-0.15, -0.1) is 0 Å². The van der Waals surface area contributed by atoms with E-state index in [2.05, 4.69) is 57.7 Å². The summed E-state index contributed by atoms with van der Waals surface area (Å²) in [7, 11) is 3.99. The van der Waals surface area contributed by atoms with E-state index in [0.717, 1.165) is 45.4 Å². The highest BCUT2D eigenvalue weighted by Crippen LogP contribution is 2.39. The van der Waals surface area contributed by atoms with Crippen molar-refractivity contribution in [2.24, 2.45) is 0 Å². The molecule has 2 aromatic carbocycles. The van der Waals surface area contributed by atoms with Crippen LogP contribution < -0.4 is 21.3 Å². The maximum Gasteiger partial charge on any atom is 0.0346 e. The Hall–Kier alpha value is -2.04. The van der Waals surface area contributed by atoms with Crippen molar-refractivity contribution >= 4 is 11.4 Å². The van der Waals surface area contributed by atoms with Crippen LogP contribution in [0, 0.1) is 0 Å². The minimum absolute atomic E-state index is 1.000. The molecular weight excluding hydrogens is 308 g/mol. The van der Waals surface area contributed by atoms with Gasteiger partial charge in [-0.05, 0) is 93.0 Å². The first-order chi connectivity index (χ1) is 12.3. The molecule has 1 aliphatic carbocycles. The lowest BCUT2D eigenvalue weighted by Crippen LogP contribution is -2.12. The molecule has 0 aliphatic heterocycles. The number of hydrogen-bond donors (Lipinski definition) is 4. The van der Waals surface area contributed by atoms with Crippen molar-refractivity contribution in [3.05, 3.63) is 47.5 Å². The van der Waals surface area contributed by atoms with Crippen LogP contribution in [0.4, 0.5) is 11.4 Å². The lowest BCUT2D eigenvalue weighted by atomic mass is 10.0. The highest BCUT2D eigenvalue weighted by Gasteiger charge is 2.19. The molecule has 0 bridgehead atoms. The number of rotatable bonds is 10. The molecule has 0 unspecified atom stereocenters. The van der Waals surface area contributed by atoms with Crippen LogP contribution in [0.1, 0.15) is 24.0 Å². The van der Waals surface area contributed by atoms with Crippen LogP contribution in [0.2, 0.25) is 0 Å². The van der Waals surface area contributed by atoms with Gasteiger partial charge in [0, 0.05) is 24.5 Å². The second-order valence-electron chi connectivity index (χ2n) is 6.69. The molecule has 0 saturated carbocycles. The Balaban J connectivity index is 1.69. The first-order valence-electron chi connectivity index (χ1n) is 9.35. The topological polar surface area (TPSA) is 48.1 Å². The van der Waals surface area contributed by atoms with Gasteiger partial charge in [0.25, 0.3) is 0 Å². The molecule has 1 aliphatic rings. The van der Waals surface area contributed by atoms with Crippen molar-refractivity contribution < 1.29 is 0 Å². The molecule has 134 valence electrons. The Morgan fingerprint density at radius 2 is 1.16 bits per heavy atom. The highest BCUT2D eigenvalue weighted by atomic mass is 14.9. The number of nitrogens with one attached hydrogen (secondary N) is 4. The van der Waals surface area contributed by atoms with Crippen LogP contribution in [-0.4, -0.2) is 40.3 Å². The van der Waals surface area contributed by atoms with E-state index in [1.54, 1.807) is 0 Å². The van der Waals surface area contributed by atoms with Crippen LogP contribution in [0.5, 0.6) is 0 Å². The van der Waals surface area contributed by atoms with E-state index in [1.165, 1.54) is 33.6 Å². The van der Waals surface area contributed by atoms with Crippen molar-refractivity contribution in [2.45, 2.75) is 19.3 Å². The van der Waals surface area contributed by atoms with E-state index in [1.807, 2.05) is 14.1 Å². The second-order valence-corrected chi connectivity index (χ2v) is 6.69. The lowest BCUT2D eigenvalue weighted by molar-refractivity contribution is 0.748. The molecule has 3 rings (SSSR count). The SMILES string of the molecule is CNCCCNc1ccc2c(c1)-c1cc(NCCCNC)ccc1C2. The lowest BCUT2D eigenvalue weighted by Gasteiger charge is -2.10. The van der Waals surface area contributed by atoms with Crippen LogP contribution >= 0.6 is 0 Å². The highest BCUT2D eigenvalue weighted by molar-refractivity contribution is 5.81. The van der Waals surface area contributed by atoms with Gasteiger partial charge < -0.3 is 21.3 Å². The zero-order valence-electron chi connectivity index (χ0n) is 15.4. The van der Waals surface area contributed by atoms with E-state index in [0.29, 0.717) is 0 Å². The molecule has 0 spiro atoms. The molecule has 2 aromatic rings. The normalized spacial score (nSPS) is 11.9. The van der Waals surface area contributed by atoms with Crippen LogP contribution in [-0.2, 0) is 6.42 Å². The summed E-state index contributed by atoms with van der Waals surface area (Å²) in [4.78, 5) is 0. The summed E-state index contributed by atoms with van der Waals surface area (Å²) in [5.41, 5.74) is 8.07. The van der Waals surface area contributed by atoms with Crippen molar-refractivity contribution in [2.75, 3.05) is 50.9 Å². The summed E-state index contributed by atoms with van der Waals surface area (Å²) in [6.07, 6.45) is 3.31. The van der Waals surface area contributed by atoms with Crippen molar-refractivity contribution in [1.82, 2.24) is 10.6 Å². The Labute approximate surface area is 151 Å². The first-order valence-corrected chi connectivity index (χ1v) is 9.35. The molecule has 0 atom stereocenters. The number of fused-ring (bicyclic) bond motifs is 3. The minimum atomic E-state index is 1.000. The average Bonchev–Trinajstić information content (AvgIpc) is 3.00. The Kier molecular flexibility index (Phi) is 6.31. The van der Waals surface area contributed by atoms with E-state index in [9.17, 15) is 0 Å². The van der Waals surface area contributed by atoms with Crippen LogP contribution in [0.3, 0.4) is 0 Å². The summed E-state index contributed by atoms with van der Waals surface area (Å²) < 4.78 is 0. The van der Waals surface area contributed by atoms with Gasteiger partial charge >= 0.3 is 0 Å². The molecule has 0 saturated heterocycles. The fourth-order valence-electron chi connectivity index (χ4n) is 3.38. The maximum atomic E-state index is 3.54. The summed E-state index contributed by atoms with van der Waals surface area (Å²) in [5, 5.41) is 13.5. The zero-order valence-corrected chi connectivity index (χ0v) is 15.4. The molecular formula is C21H30N4. The standard InChI is InChI=1S/C21H30N4/c1-22-9-3-11-24-18-7-5-16-13-17-6-8-19(25-12-4-10-23-2)15-21(17)20(16)14-18/h5-8,14-15,22-25H,3-4,9-13H2,1-2H3.